The SMILES string of the molecule is CCS(=O)NCCOC. The summed E-state index contributed by atoms with van der Waals surface area (Å²) in [4.78, 5) is 0. The second kappa shape index (κ2) is 6.19. The lowest BCUT2D eigenvalue weighted by molar-refractivity contribution is 0.205. The van der Waals surface area contributed by atoms with E-state index in [9.17, 15) is 4.21 Å². The molecule has 0 aliphatic carbocycles. The summed E-state index contributed by atoms with van der Waals surface area (Å²) in [5.41, 5.74) is 0. The first-order valence-electron chi connectivity index (χ1n) is 2.92. The van der Waals surface area contributed by atoms with Gasteiger partial charge in [0.05, 0.1) is 17.6 Å². The summed E-state index contributed by atoms with van der Waals surface area (Å²) < 4.78 is 18.2. The van der Waals surface area contributed by atoms with Crippen LogP contribution >= 0.6 is 0 Å². The van der Waals surface area contributed by atoms with Gasteiger partial charge in [-0.25, -0.2) is 8.93 Å². The zero-order valence-electron chi connectivity index (χ0n) is 5.85. The molecular formula is C5H13NO2S. The van der Waals surface area contributed by atoms with Gasteiger partial charge in [-0.3, -0.25) is 0 Å². The summed E-state index contributed by atoms with van der Waals surface area (Å²) in [5.74, 6) is 0.656. The Balaban J connectivity index is 2.97. The van der Waals surface area contributed by atoms with Crippen molar-refractivity contribution >= 4 is 11.0 Å². The number of methoxy groups -OCH3 is 1. The van der Waals surface area contributed by atoms with Crippen molar-refractivity contribution in [2.24, 2.45) is 0 Å². The maximum Gasteiger partial charge on any atom is 0.0913 e. The van der Waals surface area contributed by atoms with Gasteiger partial charge >= 0.3 is 0 Å². The van der Waals surface area contributed by atoms with E-state index in [4.69, 9.17) is 4.74 Å². The van der Waals surface area contributed by atoms with Crippen molar-refractivity contribution < 1.29 is 8.95 Å². The van der Waals surface area contributed by atoms with E-state index >= 15 is 0 Å². The van der Waals surface area contributed by atoms with Crippen molar-refractivity contribution in [1.29, 1.82) is 0 Å². The van der Waals surface area contributed by atoms with Gasteiger partial charge in [0.15, 0.2) is 0 Å². The quantitative estimate of drug-likeness (QED) is 0.557. The summed E-state index contributed by atoms with van der Waals surface area (Å²) in [5, 5.41) is 0. The summed E-state index contributed by atoms with van der Waals surface area (Å²) in [6.07, 6.45) is 0. The largest absolute Gasteiger partial charge is 0.383 e. The van der Waals surface area contributed by atoms with Crippen molar-refractivity contribution in [3.63, 3.8) is 0 Å². The number of rotatable bonds is 5. The van der Waals surface area contributed by atoms with Crippen LogP contribution in [0.3, 0.4) is 0 Å². The lowest BCUT2D eigenvalue weighted by Gasteiger charge is -1.99. The van der Waals surface area contributed by atoms with Gasteiger partial charge in [0.2, 0.25) is 0 Å². The first kappa shape index (κ1) is 9.07. The third-order valence-corrected chi connectivity index (χ3v) is 1.88. The van der Waals surface area contributed by atoms with Gasteiger partial charge in [-0.05, 0) is 0 Å². The lowest BCUT2D eigenvalue weighted by atomic mass is 10.7. The minimum Gasteiger partial charge on any atom is -0.383 e. The molecule has 1 unspecified atom stereocenters. The average Bonchev–Trinajstić information content (AvgIpc) is 1.89. The van der Waals surface area contributed by atoms with Crippen LogP contribution in [0.15, 0.2) is 0 Å². The van der Waals surface area contributed by atoms with Gasteiger partial charge in [-0.15, -0.1) is 0 Å². The van der Waals surface area contributed by atoms with Crippen LogP contribution in [-0.2, 0) is 15.7 Å². The highest BCUT2D eigenvalue weighted by Gasteiger charge is 1.90. The fourth-order valence-electron chi connectivity index (χ4n) is 0.360. The standard InChI is InChI=1S/C5H13NO2S/c1-3-9(7)6-4-5-8-2/h6H,3-5H2,1-2H3. The van der Waals surface area contributed by atoms with Crippen LogP contribution < -0.4 is 4.72 Å². The highest BCUT2D eigenvalue weighted by Crippen LogP contribution is 1.72. The molecule has 0 amide bonds. The maximum atomic E-state index is 10.6. The molecular weight excluding hydrogens is 138 g/mol. The number of ether oxygens (including phenoxy) is 1. The van der Waals surface area contributed by atoms with Crippen molar-refractivity contribution in [2.75, 3.05) is 26.0 Å². The summed E-state index contributed by atoms with van der Waals surface area (Å²) >= 11 is 0. The van der Waals surface area contributed by atoms with Crippen LogP contribution in [0.4, 0.5) is 0 Å². The first-order valence-corrected chi connectivity index (χ1v) is 4.24. The minimum atomic E-state index is -0.858. The Morgan fingerprint density at radius 3 is 2.78 bits per heavy atom. The van der Waals surface area contributed by atoms with Crippen LogP contribution in [0, 0.1) is 0 Å². The summed E-state index contributed by atoms with van der Waals surface area (Å²) in [6, 6.07) is 0. The van der Waals surface area contributed by atoms with Gasteiger partial charge < -0.3 is 4.74 Å². The Morgan fingerprint density at radius 1 is 1.67 bits per heavy atom. The molecule has 0 saturated carbocycles. The maximum absolute atomic E-state index is 10.6. The molecule has 3 nitrogen and oxygen atoms in total. The second-order valence-electron chi connectivity index (χ2n) is 1.52. The van der Waals surface area contributed by atoms with Gasteiger partial charge in [0.25, 0.3) is 0 Å². The number of hydrogen-bond donors (Lipinski definition) is 1. The second-order valence-corrected chi connectivity index (χ2v) is 3.08. The summed E-state index contributed by atoms with van der Waals surface area (Å²) in [6.45, 7) is 3.15. The van der Waals surface area contributed by atoms with E-state index in [2.05, 4.69) is 4.72 Å². The first-order chi connectivity index (χ1) is 4.31. The molecule has 0 saturated heterocycles. The molecule has 0 aromatic rings. The van der Waals surface area contributed by atoms with Crippen molar-refractivity contribution in [3.8, 4) is 0 Å². The Morgan fingerprint density at radius 2 is 2.33 bits per heavy atom. The molecule has 0 aromatic carbocycles. The van der Waals surface area contributed by atoms with E-state index in [1.165, 1.54) is 0 Å². The Hall–Kier alpha value is 0.0700. The molecule has 0 aromatic heterocycles. The molecule has 1 N–H and O–H groups in total. The Kier molecular flexibility index (Phi) is 6.24. The van der Waals surface area contributed by atoms with Crippen molar-refractivity contribution in [3.05, 3.63) is 0 Å². The fraction of sp³-hybridized carbons (Fsp3) is 1.00. The normalized spacial score (nSPS) is 13.6. The third-order valence-electron chi connectivity index (χ3n) is 0.831. The van der Waals surface area contributed by atoms with E-state index in [0.29, 0.717) is 18.9 Å². The molecule has 56 valence electrons. The van der Waals surface area contributed by atoms with Crippen molar-refractivity contribution in [1.82, 2.24) is 4.72 Å². The Bertz CT molecular complexity index is 87.0. The van der Waals surface area contributed by atoms with E-state index in [-0.39, 0.29) is 0 Å². The highest BCUT2D eigenvalue weighted by molar-refractivity contribution is 7.82. The predicted molar refractivity (Wildman–Crippen MR) is 38.6 cm³/mol. The fourth-order valence-corrected chi connectivity index (χ4v) is 0.875. The third kappa shape index (κ3) is 5.95. The number of hydrogen-bond acceptors (Lipinski definition) is 2. The van der Waals surface area contributed by atoms with Gasteiger partial charge in [-0.1, -0.05) is 6.92 Å². The average molecular weight is 151 g/mol. The molecule has 0 bridgehead atoms. The Labute approximate surface area is 58.4 Å². The van der Waals surface area contributed by atoms with E-state index in [1.54, 1.807) is 7.11 Å². The van der Waals surface area contributed by atoms with Gasteiger partial charge in [0.1, 0.15) is 0 Å². The molecule has 0 spiro atoms. The van der Waals surface area contributed by atoms with E-state index < -0.39 is 11.0 Å². The van der Waals surface area contributed by atoms with Crippen LogP contribution in [-0.4, -0.2) is 30.2 Å². The van der Waals surface area contributed by atoms with E-state index in [0.717, 1.165) is 0 Å². The molecule has 0 rings (SSSR count). The molecule has 0 aliphatic rings. The molecule has 0 radical (unpaired) electrons. The van der Waals surface area contributed by atoms with Gasteiger partial charge in [0, 0.05) is 19.4 Å². The monoisotopic (exact) mass is 151 g/mol. The van der Waals surface area contributed by atoms with Crippen LogP contribution in [0.25, 0.3) is 0 Å². The molecule has 0 heterocycles. The molecule has 9 heavy (non-hydrogen) atoms. The summed E-state index contributed by atoms with van der Waals surface area (Å²) in [7, 11) is 0.763. The number of nitrogens with one attached hydrogen (secondary N) is 1. The van der Waals surface area contributed by atoms with Gasteiger partial charge in [-0.2, -0.15) is 0 Å². The van der Waals surface area contributed by atoms with Crippen LogP contribution in [0.1, 0.15) is 6.92 Å². The molecule has 1 atom stereocenters. The zero-order valence-corrected chi connectivity index (χ0v) is 6.66. The molecule has 0 aliphatic heterocycles. The van der Waals surface area contributed by atoms with E-state index in [1.807, 2.05) is 6.92 Å². The zero-order chi connectivity index (χ0) is 7.11. The van der Waals surface area contributed by atoms with Crippen LogP contribution in [0.2, 0.25) is 0 Å². The lowest BCUT2D eigenvalue weighted by Crippen LogP contribution is -2.22. The highest BCUT2D eigenvalue weighted by atomic mass is 32.2. The minimum absolute atomic E-state index is 0.617. The topological polar surface area (TPSA) is 38.3 Å². The van der Waals surface area contributed by atoms with Crippen LogP contribution in [0.5, 0.6) is 0 Å². The van der Waals surface area contributed by atoms with Crippen molar-refractivity contribution in [2.45, 2.75) is 6.92 Å². The molecule has 4 heteroatoms. The predicted octanol–water partition coefficient (Wildman–Crippen LogP) is -0.0940. The molecule has 0 fully saturated rings. The smallest absolute Gasteiger partial charge is 0.0913 e.